The second kappa shape index (κ2) is 5.93. The van der Waals surface area contributed by atoms with Crippen LogP contribution in [0.5, 0.6) is 0 Å². The number of carbonyl (C=O) groups is 1. The first-order valence-electron chi connectivity index (χ1n) is 7.66. The number of rotatable bonds is 2. The highest BCUT2D eigenvalue weighted by atomic mass is 16.5. The molecular weight excluding hydrogens is 266 g/mol. The molecule has 1 aromatic carbocycles. The highest BCUT2D eigenvalue weighted by molar-refractivity contribution is 5.97. The Balaban J connectivity index is 1.90. The molecule has 1 atom stereocenters. The Morgan fingerprint density at radius 2 is 2.10 bits per heavy atom. The van der Waals surface area contributed by atoms with E-state index in [1.807, 2.05) is 12.1 Å². The number of hydrogen-bond donors (Lipinski definition) is 1. The van der Waals surface area contributed by atoms with Crippen LogP contribution in [0.2, 0.25) is 0 Å². The van der Waals surface area contributed by atoms with E-state index in [1.54, 1.807) is 6.07 Å². The van der Waals surface area contributed by atoms with E-state index in [4.69, 9.17) is 10.5 Å². The number of esters is 1. The third-order valence-corrected chi connectivity index (χ3v) is 4.57. The van der Waals surface area contributed by atoms with Crippen LogP contribution in [0, 0.1) is 0 Å². The number of methoxy groups -OCH3 is 1. The highest BCUT2D eigenvalue weighted by Crippen LogP contribution is 2.29. The molecule has 1 unspecified atom stereocenters. The van der Waals surface area contributed by atoms with Gasteiger partial charge in [-0.25, -0.2) is 4.79 Å². The lowest BCUT2D eigenvalue weighted by Crippen LogP contribution is -2.37. The van der Waals surface area contributed by atoms with Crippen molar-refractivity contribution in [3.63, 3.8) is 0 Å². The molecule has 2 aliphatic rings. The molecular formula is C16H23N3O2. The largest absolute Gasteiger partial charge is 0.465 e. The third-order valence-electron chi connectivity index (χ3n) is 4.57. The zero-order valence-corrected chi connectivity index (χ0v) is 12.5. The summed E-state index contributed by atoms with van der Waals surface area (Å²) < 4.78 is 4.91. The summed E-state index contributed by atoms with van der Waals surface area (Å²) in [5, 5.41) is 0. The molecule has 2 fully saturated rings. The van der Waals surface area contributed by atoms with Crippen LogP contribution in [0.3, 0.4) is 0 Å². The first-order valence-corrected chi connectivity index (χ1v) is 7.66. The number of carbonyl (C=O) groups excluding carboxylic acids is 1. The monoisotopic (exact) mass is 289 g/mol. The van der Waals surface area contributed by atoms with Crippen LogP contribution >= 0.6 is 0 Å². The second-order valence-corrected chi connectivity index (χ2v) is 5.90. The summed E-state index contributed by atoms with van der Waals surface area (Å²) in [6, 6.07) is 6.14. The van der Waals surface area contributed by atoms with Crippen molar-refractivity contribution < 1.29 is 9.53 Å². The minimum atomic E-state index is -0.315. The van der Waals surface area contributed by atoms with Crippen molar-refractivity contribution in [3.05, 3.63) is 23.8 Å². The molecule has 0 aromatic heterocycles. The predicted octanol–water partition coefficient (Wildman–Crippen LogP) is 1.73. The standard InChI is InChI=1S/C16H23N3O2/c1-21-16(20)14-10-12(17)5-6-15(14)19-9-3-8-18-7-2-4-13(18)11-19/h5-6,10,13H,2-4,7-9,11,17H2,1H3. The van der Waals surface area contributed by atoms with E-state index in [0.717, 1.165) is 31.7 Å². The molecule has 2 heterocycles. The summed E-state index contributed by atoms with van der Waals surface area (Å²) in [4.78, 5) is 16.9. The Bertz CT molecular complexity index is 532. The van der Waals surface area contributed by atoms with Crippen LogP contribution < -0.4 is 10.6 Å². The average Bonchev–Trinajstić information content (AvgIpc) is 2.83. The van der Waals surface area contributed by atoms with E-state index in [1.165, 1.54) is 26.5 Å². The summed E-state index contributed by atoms with van der Waals surface area (Å²) in [5.41, 5.74) is 7.95. The molecule has 1 aromatic rings. The van der Waals surface area contributed by atoms with Gasteiger partial charge in [0.05, 0.1) is 18.4 Å². The molecule has 0 amide bonds. The lowest BCUT2D eigenvalue weighted by Gasteiger charge is -2.28. The smallest absolute Gasteiger partial charge is 0.340 e. The first kappa shape index (κ1) is 14.2. The molecule has 0 saturated carbocycles. The Kier molecular flexibility index (Phi) is 4.01. The number of ether oxygens (including phenoxy) is 1. The van der Waals surface area contributed by atoms with E-state index in [-0.39, 0.29) is 5.97 Å². The molecule has 0 aliphatic carbocycles. The van der Waals surface area contributed by atoms with E-state index in [2.05, 4.69) is 9.80 Å². The van der Waals surface area contributed by atoms with E-state index < -0.39 is 0 Å². The quantitative estimate of drug-likeness (QED) is 0.664. The van der Waals surface area contributed by atoms with Gasteiger partial charge in [-0.3, -0.25) is 4.90 Å². The Morgan fingerprint density at radius 1 is 1.29 bits per heavy atom. The van der Waals surface area contributed by atoms with Gasteiger partial charge in [0.1, 0.15) is 0 Å². The molecule has 5 heteroatoms. The minimum Gasteiger partial charge on any atom is -0.465 e. The highest BCUT2D eigenvalue weighted by Gasteiger charge is 2.30. The van der Waals surface area contributed by atoms with Gasteiger partial charge >= 0.3 is 5.97 Å². The second-order valence-electron chi connectivity index (χ2n) is 5.90. The number of hydrogen-bond acceptors (Lipinski definition) is 5. The van der Waals surface area contributed by atoms with Crippen LogP contribution in [0.15, 0.2) is 18.2 Å². The van der Waals surface area contributed by atoms with Crippen LogP contribution in [-0.4, -0.2) is 50.2 Å². The van der Waals surface area contributed by atoms with Crippen LogP contribution in [0.25, 0.3) is 0 Å². The Hall–Kier alpha value is -1.75. The topological polar surface area (TPSA) is 58.8 Å². The normalized spacial score (nSPS) is 22.7. The van der Waals surface area contributed by atoms with Crippen LogP contribution in [-0.2, 0) is 4.74 Å². The predicted molar refractivity (Wildman–Crippen MR) is 83.6 cm³/mol. The fourth-order valence-corrected chi connectivity index (χ4v) is 3.53. The van der Waals surface area contributed by atoms with Gasteiger partial charge in [-0.05, 0) is 44.0 Å². The summed E-state index contributed by atoms with van der Waals surface area (Å²) in [6.07, 6.45) is 3.66. The molecule has 2 aliphatic heterocycles. The van der Waals surface area contributed by atoms with Gasteiger partial charge in [-0.1, -0.05) is 0 Å². The number of nitrogens with zero attached hydrogens (tertiary/aromatic N) is 2. The Labute approximate surface area is 125 Å². The van der Waals surface area contributed by atoms with Crippen molar-refractivity contribution >= 4 is 17.3 Å². The Morgan fingerprint density at radius 3 is 2.90 bits per heavy atom. The fraction of sp³-hybridized carbons (Fsp3) is 0.562. The molecule has 3 rings (SSSR count). The van der Waals surface area contributed by atoms with Gasteiger partial charge < -0.3 is 15.4 Å². The first-order chi connectivity index (χ1) is 10.2. The minimum absolute atomic E-state index is 0.315. The third kappa shape index (κ3) is 2.83. The van der Waals surface area contributed by atoms with Gasteiger partial charge in [0.15, 0.2) is 0 Å². The summed E-state index contributed by atoms with van der Waals surface area (Å²) >= 11 is 0. The lowest BCUT2D eigenvalue weighted by atomic mass is 10.1. The van der Waals surface area contributed by atoms with Crippen molar-refractivity contribution in [2.75, 3.05) is 43.9 Å². The van der Waals surface area contributed by atoms with Crippen LogP contribution in [0.4, 0.5) is 11.4 Å². The molecule has 2 saturated heterocycles. The van der Waals surface area contributed by atoms with Crippen LogP contribution in [0.1, 0.15) is 29.6 Å². The number of nitrogen functional groups attached to an aromatic ring is 1. The maximum atomic E-state index is 12.0. The van der Waals surface area contributed by atoms with E-state index in [9.17, 15) is 4.79 Å². The van der Waals surface area contributed by atoms with Crippen molar-refractivity contribution in [1.29, 1.82) is 0 Å². The maximum Gasteiger partial charge on any atom is 0.340 e. The van der Waals surface area contributed by atoms with Gasteiger partial charge in [0.25, 0.3) is 0 Å². The average molecular weight is 289 g/mol. The maximum absolute atomic E-state index is 12.0. The number of anilines is 2. The SMILES string of the molecule is COC(=O)c1cc(N)ccc1N1CCCN2CCCC2C1. The van der Waals surface area contributed by atoms with Crippen molar-refractivity contribution in [2.45, 2.75) is 25.3 Å². The molecule has 0 bridgehead atoms. The summed E-state index contributed by atoms with van der Waals surface area (Å²) in [6.45, 7) is 4.32. The number of fused-ring (bicyclic) bond motifs is 1. The zero-order valence-electron chi connectivity index (χ0n) is 12.5. The summed E-state index contributed by atoms with van der Waals surface area (Å²) in [7, 11) is 1.41. The van der Waals surface area contributed by atoms with Gasteiger partial charge in [0, 0.05) is 31.4 Å². The number of benzene rings is 1. The van der Waals surface area contributed by atoms with E-state index in [0.29, 0.717) is 17.3 Å². The molecule has 5 nitrogen and oxygen atoms in total. The van der Waals surface area contributed by atoms with Crippen molar-refractivity contribution in [2.24, 2.45) is 0 Å². The van der Waals surface area contributed by atoms with Crippen molar-refractivity contribution in [3.8, 4) is 0 Å². The van der Waals surface area contributed by atoms with Gasteiger partial charge in [-0.2, -0.15) is 0 Å². The fourth-order valence-electron chi connectivity index (χ4n) is 3.53. The molecule has 2 N–H and O–H groups in total. The molecule has 0 radical (unpaired) electrons. The van der Waals surface area contributed by atoms with E-state index >= 15 is 0 Å². The van der Waals surface area contributed by atoms with Crippen molar-refractivity contribution in [1.82, 2.24) is 4.90 Å². The molecule has 0 spiro atoms. The number of nitrogens with two attached hydrogens (primary N) is 1. The van der Waals surface area contributed by atoms with Gasteiger partial charge in [-0.15, -0.1) is 0 Å². The molecule has 21 heavy (non-hydrogen) atoms. The zero-order chi connectivity index (χ0) is 14.8. The summed E-state index contributed by atoms with van der Waals surface area (Å²) in [5.74, 6) is -0.315. The molecule has 114 valence electrons. The lowest BCUT2D eigenvalue weighted by molar-refractivity contribution is 0.0601. The van der Waals surface area contributed by atoms with Gasteiger partial charge in [0.2, 0.25) is 0 Å².